The Hall–Kier alpha value is -3.00. The van der Waals surface area contributed by atoms with Crippen LogP contribution in [-0.2, 0) is 11.2 Å². The number of nitrogens with zero attached hydrogens (tertiary/aromatic N) is 1. The van der Waals surface area contributed by atoms with Crippen LogP contribution in [0, 0.1) is 18.3 Å². The second kappa shape index (κ2) is 7.32. The van der Waals surface area contributed by atoms with Gasteiger partial charge >= 0.3 is 0 Å². The summed E-state index contributed by atoms with van der Waals surface area (Å²) in [7, 11) is 3.15. The highest BCUT2D eigenvalue weighted by molar-refractivity contribution is 5.93. The van der Waals surface area contributed by atoms with E-state index in [0.29, 0.717) is 22.7 Å². The number of methoxy groups -OCH3 is 2. The third-order valence-electron chi connectivity index (χ3n) is 3.47. The van der Waals surface area contributed by atoms with E-state index >= 15 is 0 Å². The van der Waals surface area contributed by atoms with Crippen molar-refractivity contribution in [1.82, 2.24) is 0 Å². The number of ether oxygens (including phenoxy) is 2. The molecule has 2 aromatic carbocycles. The highest BCUT2D eigenvalue weighted by Gasteiger charge is 2.13. The SMILES string of the molecule is COc1cc(CC(=O)Nc2ccccc2C#N)c(OC)cc1C. The summed E-state index contributed by atoms with van der Waals surface area (Å²) in [6, 6.07) is 12.6. The predicted octanol–water partition coefficient (Wildman–Crippen LogP) is 3.07. The van der Waals surface area contributed by atoms with Crippen molar-refractivity contribution in [3.63, 3.8) is 0 Å². The average molecular weight is 310 g/mol. The van der Waals surface area contributed by atoms with E-state index in [-0.39, 0.29) is 12.3 Å². The van der Waals surface area contributed by atoms with Gasteiger partial charge in [-0.05, 0) is 36.8 Å². The topological polar surface area (TPSA) is 71.3 Å². The van der Waals surface area contributed by atoms with Crippen molar-refractivity contribution in [3.8, 4) is 17.6 Å². The maximum absolute atomic E-state index is 12.3. The Balaban J connectivity index is 2.22. The summed E-state index contributed by atoms with van der Waals surface area (Å²) in [5.74, 6) is 1.11. The second-order valence-electron chi connectivity index (χ2n) is 5.02. The van der Waals surface area contributed by atoms with E-state index in [4.69, 9.17) is 14.7 Å². The van der Waals surface area contributed by atoms with Gasteiger partial charge in [-0.15, -0.1) is 0 Å². The number of nitrogens with one attached hydrogen (secondary N) is 1. The molecule has 1 N–H and O–H groups in total. The second-order valence-corrected chi connectivity index (χ2v) is 5.02. The van der Waals surface area contributed by atoms with Crippen LogP contribution in [0.4, 0.5) is 5.69 Å². The lowest BCUT2D eigenvalue weighted by molar-refractivity contribution is -0.115. The Kier molecular flexibility index (Phi) is 5.21. The van der Waals surface area contributed by atoms with Crippen LogP contribution in [0.3, 0.4) is 0 Å². The molecule has 23 heavy (non-hydrogen) atoms. The zero-order valence-corrected chi connectivity index (χ0v) is 13.3. The molecule has 2 rings (SSSR count). The van der Waals surface area contributed by atoms with Crippen molar-refractivity contribution in [2.45, 2.75) is 13.3 Å². The summed E-state index contributed by atoms with van der Waals surface area (Å²) in [6.45, 7) is 1.91. The lowest BCUT2D eigenvalue weighted by Crippen LogP contribution is -2.16. The van der Waals surface area contributed by atoms with Gasteiger partial charge in [0.25, 0.3) is 0 Å². The maximum Gasteiger partial charge on any atom is 0.228 e. The molecule has 0 saturated carbocycles. The van der Waals surface area contributed by atoms with Crippen molar-refractivity contribution in [2.75, 3.05) is 19.5 Å². The van der Waals surface area contributed by atoms with E-state index in [1.165, 1.54) is 0 Å². The normalized spacial score (nSPS) is 9.83. The van der Waals surface area contributed by atoms with E-state index in [0.717, 1.165) is 11.1 Å². The number of aryl methyl sites for hydroxylation is 1. The lowest BCUT2D eigenvalue weighted by Gasteiger charge is -2.13. The molecule has 2 aromatic rings. The number of carbonyl (C=O) groups is 1. The number of hydrogen-bond acceptors (Lipinski definition) is 4. The van der Waals surface area contributed by atoms with Crippen LogP contribution in [0.15, 0.2) is 36.4 Å². The molecular weight excluding hydrogens is 292 g/mol. The Morgan fingerprint density at radius 2 is 1.87 bits per heavy atom. The van der Waals surface area contributed by atoms with Gasteiger partial charge in [-0.1, -0.05) is 12.1 Å². The lowest BCUT2D eigenvalue weighted by atomic mass is 10.1. The van der Waals surface area contributed by atoms with Gasteiger partial charge in [0.1, 0.15) is 17.6 Å². The van der Waals surface area contributed by atoms with E-state index in [2.05, 4.69) is 11.4 Å². The van der Waals surface area contributed by atoms with Gasteiger partial charge in [-0.3, -0.25) is 4.79 Å². The molecule has 0 aliphatic heterocycles. The van der Waals surface area contributed by atoms with Gasteiger partial charge in [-0.25, -0.2) is 0 Å². The molecule has 0 fully saturated rings. The molecule has 0 radical (unpaired) electrons. The fourth-order valence-corrected chi connectivity index (χ4v) is 2.31. The molecule has 0 saturated heterocycles. The molecule has 0 heterocycles. The summed E-state index contributed by atoms with van der Waals surface area (Å²) < 4.78 is 10.6. The first kappa shape index (κ1) is 16.4. The monoisotopic (exact) mass is 310 g/mol. The molecule has 0 bridgehead atoms. The van der Waals surface area contributed by atoms with Gasteiger partial charge in [0, 0.05) is 5.56 Å². The molecular formula is C18H18N2O3. The number of carbonyl (C=O) groups excluding carboxylic acids is 1. The Morgan fingerprint density at radius 1 is 1.17 bits per heavy atom. The number of amides is 1. The predicted molar refractivity (Wildman–Crippen MR) is 87.8 cm³/mol. The number of rotatable bonds is 5. The summed E-state index contributed by atoms with van der Waals surface area (Å²) in [5.41, 5.74) is 2.58. The highest BCUT2D eigenvalue weighted by atomic mass is 16.5. The van der Waals surface area contributed by atoms with Gasteiger partial charge in [0.15, 0.2) is 0 Å². The minimum absolute atomic E-state index is 0.125. The fraction of sp³-hybridized carbons (Fsp3) is 0.222. The van der Waals surface area contributed by atoms with Gasteiger partial charge in [0.05, 0.1) is 31.9 Å². The molecule has 5 heteroatoms. The van der Waals surface area contributed by atoms with Crippen LogP contribution < -0.4 is 14.8 Å². The Bertz CT molecular complexity index is 763. The largest absolute Gasteiger partial charge is 0.496 e. The maximum atomic E-state index is 12.3. The molecule has 118 valence electrons. The van der Waals surface area contributed by atoms with Crippen molar-refractivity contribution < 1.29 is 14.3 Å². The molecule has 0 aromatic heterocycles. The van der Waals surface area contributed by atoms with Crippen LogP contribution >= 0.6 is 0 Å². The standard InChI is InChI=1S/C18H18N2O3/c1-12-8-17(23-3)14(9-16(12)22-2)10-18(21)20-15-7-5-4-6-13(15)11-19/h4-9H,10H2,1-3H3,(H,20,21). The van der Waals surface area contributed by atoms with Gasteiger partial charge in [-0.2, -0.15) is 5.26 Å². The molecule has 0 atom stereocenters. The average Bonchev–Trinajstić information content (AvgIpc) is 2.56. The van der Waals surface area contributed by atoms with Crippen LogP contribution in [0.25, 0.3) is 0 Å². The quantitative estimate of drug-likeness (QED) is 0.921. The first-order chi connectivity index (χ1) is 11.1. The van der Waals surface area contributed by atoms with Crippen molar-refractivity contribution in [3.05, 3.63) is 53.1 Å². The molecule has 1 amide bonds. The summed E-state index contributed by atoms with van der Waals surface area (Å²) in [6.07, 6.45) is 0.125. The van der Waals surface area contributed by atoms with Crippen LogP contribution in [0.5, 0.6) is 11.5 Å². The minimum atomic E-state index is -0.225. The first-order valence-corrected chi connectivity index (χ1v) is 7.09. The Labute approximate surface area is 135 Å². The smallest absolute Gasteiger partial charge is 0.228 e. The molecule has 0 aliphatic carbocycles. The van der Waals surface area contributed by atoms with Gasteiger partial charge in [0.2, 0.25) is 5.91 Å². The van der Waals surface area contributed by atoms with E-state index in [1.807, 2.05) is 13.0 Å². The minimum Gasteiger partial charge on any atom is -0.496 e. The number of nitriles is 1. The summed E-state index contributed by atoms with van der Waals surface area (Å²) in [5, 5.41) is 11.8. The first-order valence-electron chi connectivity index (χ1n) is 7.09. The van der Waals surface area contributed by atoms with E-state index in [1.54, 1.807) is 44.6 Å². The number of hydrogen-bond donors (Lipinski definition) is 1. The molecule has 5 nitrogen and oxygen atoms in total. The fourth-order valence-electron chi connectivity index (χ4n) is 2.31. The third kappa shape index (κ3) is 3.80. The van der Waals surface area contributed by atoms with Crippen LogP contribution in [0.1, 0.15) is 16.7 Å². The number of para-hydroxylation sites is 1. The number of benzene rings is 2. The third-order valence-corrected chi connectivity index (χ3v) is 3.47. The molecule has 0 unspecified atom stereocenters. The van der Waals surface area contributed by atoms with Crippen molar-refractivity contribution in [2.24, 2.45) is 0 Å². The summed E-state index contributed by atoms with van der Waals surface area (Å²) in [4.78, 5) is 12.3. The zero-order valence-electron chi connectivity index (χ0n) is 13.3. The van der Waals surface area contributed by atoms with Crippen molar-refractivity contribution >= 4 is 11.6 Å². The van der Waals surface area contributed by atoms with E-state index < -0.39 is 0 Å². The molecule has 0 aliphatic rings. The summed E-state index contributed by atoms with van der Waals surface area (Å²) >= 11 is 0. The number of anilines is 1. The van der Waals surface area contributed by atoms with E-state index in [9.17, 15) is 4.79 Å². The van der Waals surface area contributed by atoms with Gasteiger partial charge < -0.3 is 14.8 Å². The zero-order chi connectivity index (χ0) is 16.8. The Morgan fingerprint density at radius 3 is 2.52 bits per heavy atom. The van der Waals surface area contributed by atoms with Crippen LogP contribution in [0.2, 0.25) is 0 Å². The highest BCUT2D eigenvalue weighted by Crippen LogP contribution is 2.28. The van der Waals surface area contributed by atoms with Crippen LogP contribution in [-0.4, -0.2) is 20.1 Å². The van der Waals surface area contributed by atoms with Crippen molar-refractivity contribution in [1.29, 1.82) is 5.26 Å². The molecule has 0 spiro atoms.